The molecule has 7 nitrogen and oxygen atoms in total. The molecule has 14 heavy (non-hydrogen) atoms. The van der Waals surface area contributed by atoms with Gasteiger partial charge in [0.25, 0.3) is 5.91 Å². The van der Waals surface area contributed by atoms with Crippen LogP contribution in [0.3, 0.4) is 0 Å². The molecule has 1 heterocycles. The van der Waals surface area contributed by atoms with Gasteiger partial charge in [-0.05, 0) is 28.4 Å². The van der Waals surface area contributed by atoms with Crippen molar-refractivity contribution in [2.24, 2.45) is 16.8 Å². The molecule has 1 atom stereocenters. The highest BCUT2D eigenvalue weighted by Gasteiger charge is 2.37. The highest BCUT2D eigenvalue weighted by atomic mass is 79.9. The number of amides is 1. The molecule has 0 bridgehead atoms. The summed E-state index contributed by atoms with van der Waals surface area (Å²) in [7, 11) is 0. The highest BCUT2D eigenvalue weighted by Crippen LogP contribution is 2.27. The number of hydrazine groups is 1. The first-order valence-corrected chi connectivity index (χ1v) is 4.46. The third-order valence-corrected chi connectivity index (χ3v) is 2.83. The number of carbonyl (C=O) groups excluding carboxylic acids is 1. The van der Waals surface area contributed by atoms with Crippen molar-refractivity contribution in [1.29, 1.82) is 0 Å². The Kier molecular flexibility index (Phi) is 3.09. The number of nitrogens with two attached hydrogens (primary N) is 2. The summed E-state index contributed by atoms with van der Waals surface area (Å²) in [4.78, 5) is 12.5. The van der Waals surface area contributed by atoms with E-state index in [-0.39, 0.29) is 10.4 Å². The maximum absolute atomic E-state index is 11.5. The molecule has 0 saturated carbocycles. The lowest BCUT2D eigenvalue weighted by Gasteiger charge is -2.21. The minimum Gasteiger partial charge on any atom is -0.369 e. The van der Waals surface area contributed by atoms with E-state index in [4.69, 9.17) is 11.7 Å². The van der Waals surface area contributed by atoms with Gasteiger partial charge in [0.2, 0.25) is 5.96 Å². The molecule has 6 N–H and O–H groups in total. The molecule has 0 aromatic heterocycles. The molecule has 1 aliphatic rings. The van der Waals surface area contributed by atoms with E-state index in [2.05, 4.69) is 26.5 Å². The first-order valence-electron chi connectivity index (χ1n) is 3.67. The fraction of sp³-hybridized carbons (Fsp3) is 0.333. The highest BCUT2D eigenvalue weighted by molar-refractivity contribution is 9.12. The van der Waals surface area contributed by atoms with E-state index in [9.17, 15) is 9.90 Å². The van der Waals surface area contributed by atoms with Crippen LogP contribution in [0.5, 0.6) is 0 Å². The Morgan fingerprint density at radius 1 is 1.79 bits per heavy atom. The lowest BCUT2D eigenvalue weighted by molar-refractivity contribution is -0.125. The van der Waals surface area contributed by atoms with E-state index in [1.807, 2.05) is 0 Å². The summed E-state index contributed by atoms with van der Waals surface area (Å²) in [6.45, 7) is 1.61. The van der Waals surface area contributed by atoms with Crippen LogP contribution >= 0.6 is 15.9 Å². The van der Waals surface area contributed by atoms with Crippen molar-refractivity contribution < 1.29 is 9.90 Å². The van der Waals surface area contributed by atoms with Crippen LogP contribution in [0.4, 0.5) is 0 Å². The quantitative estimate of drug-likeness (QED) is 0.184. The maximum atomic E-state index is 11.5. The smallest absolute Gasteiger partial charge is 0.270 e. The van der Waals surface area contributed by atoms with Crippen molar-refractivity contribution >= 4 is 27.8 Å². The molecule has 0 spiro atoms. The van der Waals surface area contributed by atoms with Gasteiger partial charge in [0.1, 0.15) is 0 Å². The van der Waals surface area contributed by atoms with E-state index >= 15 is 0 Å². The normalized spacial score (nSPS) is 23.4. The molecule has 0 aromatic rings. The molecule has 0 aliphatic carbocycles. The van der Waals surface area contributed by atoms with Gasteiger partial charge in [-0.2, -0.15) is 0 Å². The molecule has 1 amide bonds. The van der Waals surface area contributed by atoms with Gasteiger partial charge in [-0.15, -0.1) is 5.10 Å². The fourth-order valence-electron chi connectivity index (χ4n) is 1.07. The van der Waals surface area contributed by atoms with E-state index in [1.165, 1.54) is 0 Å². The third-order valence-electron chi connectivity index (χ3n) is 1.86. The van der Waals surface area contributed by atoms with E-state index in [0.717, 1.165) is 4.90 Å². The predicted octanol–water partition coefficient (Wildman–Crippen LogP) is -1.49. The zero-order chi connectivity index (χ0) is 10.9. The van der Waals surface area contributed by atoms with Crippen LogP contribution in [0.25, 0.3) is 0 Å². The lowest BCUT2D eigenvalue weighted by atomic mass is 10.3. The van der Waals surface area contributed by atoms with Gasteiger partial charge in [0.15, 0.2) is 6.23 Å². The summed E-state index contributed by atoms with van der Waals surface area (Å²) in [6.07, 6.45) is -1.10. The second-order valence-corrected chi connectivity index (χ2v) is 3.44. The second kappa shape index (κ2) is 3.95. The monoisotopic (exact) mass is 263 g/mol. The van der Waals surface area contributed by atoms with Gasteiger partial charge < -0.3 is 10.9 Å². The van der Waals surface area contributed by atoms with Crippen LogP contribution < -0.4 is 17.1 Å². The molecular formula is C6H10BrN5O2. The summed E-state index contributed by atoms with van der Waals surface area (Å²) >= 11 is 3.04. The van der Waals surface area contributed by atoms with E-state index < -0.39 is 12.1 Å². The number of nitrogens with one attached hydrogen (secondary N) is 1. The molecule has 78 valence electrons. The molecule has 1 rings (SSSR count). The molecule has 1 unspecified atom stereocenters. The number of nitrogens with zero attached hydrogens (tertiary/aromatic N) is 2. The van der Waals surface area contributed by atoms with Gasteiger partial charge in [0, 0.05) is 0 Å². The van der Waals surface area contributed by atoms with Gasteiger partial charge in [-0.25, -0.2) is 10.7 Å². The van der Waals surface area contributed by atoms with Gasteiger partial charge in [-0.1, -0.05) is 0 Å². The van der Waals surface area contributed by atoms with Gasteiger partial charge in [-0.3, -0.25) is 10.2 Å². The van der Waals surface area contributed by atoms with Crippen LogP contribution in [-0.2, 0) is 4.79 Å². The summed E-state index contributed by atoms with van der Waals surface area (Å²) < 4.78 is 0.279. The van der Waals surface area contributed by atoms with Crippen molar-refractivity contribution in [3.8, 4) is 0 Å². The molecule has 0 saturated heterocycles. The molecular weight excluding hydrogens is 254 g/mol. The van der Waals surface area contributed by atoms with Crippen LogP contribution in [-0.4, -0.2) is 28.1 Å². The van der Waals surface area contributed by atoms with Gasteiger partial charge in [0.05, 0.1) is 4.48 Å². The van der Waals surface area contributed by atoms with Crippen LogP contribution in [0.1, 0.15) is 6.92 Å². The fourth-order valence-corrected chi connectivity index (χ4v) is 1.47. The number of guanidine groups is 1. The van der Waals surface area contributed by atoms with Crippen molar-refractivity contribution in [1.82, 2.24) is 10.3 Å². The number of halogens is 1. The average molecular weight is 264 g/mol. The number of hydrogen-bond acceptors (Lipinski definition) is 5. The molecule has 1 aliphatic heterocycles. The molecule has 0 fully saturated rings. The minimum absolute atomic E-state index is 0.101. The summed E-state index contributed by atoms with van der Waals surface area (Å²) in [5.74, 6) is 9.52. The Hall–Kier alpha value is -1.12. The van der Waals surface area contributed by atoms with Gasteiger partial charge >= 0.3 is 0 Å². The van der Waals surface area contributed by atoms with Crippen molar-refractivity contribution in [2.75, 3.05) is 0 Å². The average Bonchev–Trinajstić information content (AvgIpc) is 2.37. The Morgan fingerprint density at radius 3 is 2.64 bits per heavy atom. The Balaban J connectivity index is 3.03. The molecule has 8 heteroatoms. The van der Waals surface area contributed by atoms with Crippen molar-refractivity contribution in [3.63, 3.8) is 0 Å². The van der Waals surface area contributed by atoms with Crippen LogP contribution in [0, 0.1) is 0 Å². The SMILES string of the molecule is CC1=C(Br)C(=O)N(/C(=N/N)NN)C1O. The predicted molar refractivity (Wildman–Crippen MR) is 53.4 cm³/mol. The molecule has 0 aromatic carbocycles. The largest absolute Gasteiger partial charge is 0.369 e. The van der Waals surface area contributed by atoms with E-state index in [0.29, 0.717) is 5.57 Å². The maximum Gasteiger partial charge on any atom is 0.270 e. The standard InChI is InChI=1S/C6H10BrN5O2/c1-2-3(7)5(14)12(4(2)13)6(10-8)11-9/h4,13H,8-9H2,1H3,(H,10,11). The Bertz CT molecular complexity index is 326. The Morgan fingerprint density at radius 2 is 2.36 bits per heavy atom. The zero-order valence-electron chi connectivity index (χ0n) is 7.36. The molecule has 0 radical (unpaired) electrons. The Labute approximate surface area is 88.5 Å². The second-order valence-electron chi connectivity index (χ2n) is 2.64. The third kappa shape index (κ3) is 1.47. The lowest BCUT2D eigenvalue weighted by Crippen LogP contribution is -2.50. The zero-order valence-corrected chi connectivity index (χ0v) is 8.95. The summed E-state index contributed by atoms with van der Waals surface area (Å²) in [6, 6.07) is 0. The number of carbonyl (C=O) groups is 1. The van der Waals surface area contributed by atoms with Crippen molar-refractivity contribution in [3.05, 3.63) is 10.1 Å². The first kappa shape index (κ1) is 11.0. The van der Waals surface area contributed by atoms with Crippen LogP contribution in [0.15, 0.2) is 15.2 Å². The number of hydrogen-bond donors (Lipinski definition) is 4. The van der Waals surface area contributed by atoms with Crippen LogP contribution in [0.2, 0.25) is 0 Å². The number of aliphatic hydroxyl groups excluding tert-OH is 1. The van der Waals surface area contributed by atoms with E-state index in [1.54, 1.807) is 6.92 Å². The number of rotatable bonds is 0. The summed E-state index contributed by atoms with van der Waals surface area (Å²) in [5.41, 5.74) is 2.60. The minimum atomic E-state index is -1.10. The number of aliphatic hydroxyl groups is 1. The first-order chi connectivity index (χ1) is 6.54. The summed E-state index contributed by atoms with van der Waals surface area (Å²) in [5, 5.41) is 12.9. The number of hydrazone groups is 1. The topological polar surface area (TPSA) is 117 Å². The van der Waals surface area contributed by atoms with Crippen molar-refractivity contribution in [2.45, 2.75) is 13.2 Å².